The Bertz CT molecular complexity index is 605. The Balaban J connectivity index is 1.80. The molecular formula is C15H20F3N3O2. The van der Waals surface area contributed by atoms with Crippen LogP contribution in [0.25, 0.3) is 0 Å². The van der Waals surface area contributed by atoms with Crippen molar-refractivity contribution in [1.82, 2.24) is 9.88 Å². The van der Waals surface area contributed by atoms with E-state index in [1.54, 1.807) is 13.0 Å². The van der Waals surface area contributed by atoms with E-state index in [2.05, 4.69) is 10.3 Å². The molecule has 1 amide bonds. The number of halogens is 3. The third-order valence-corrected chi connectivity index (χ3v) is 3.91. The highest BCUT2D eigenvalue weighted by molar-refractivity contribution is 5.90. The maximum atomic E-state index is 12.3. The van der Waals surface area contributed by atoms with E-state index < -0.39 is 12.7 Å². The molecule has 2 N–H and O–H groups in total. The van der Waals surface area contributed by atoms with Gasteiger partial charge in [-0.25, -0.2) is 0 Å². The van der Waals surface area contributed by atoms with Crippen molar-refractivity contribution in [2.75, 3.05) is 25.0 Å². The Labute approximate surface area is 131 Å². The van der Waals surface area contributed by atoms with Crippen molar-refractivity contribution in [3.63, 3.8) is 0 Å². The van der Waals surface area contributed by atoms with Crippen LogP contribution in [-0.2, 0) is 4.79 Å². The number of amides is 1. The zero-order valence-corrected chi connectivity index (χ0v) is 12.9. The molecule has 0 aliphatic carbocycles. The minimum Gasteiger partial charge on any atom is -0.325 e. The van der Waals surface area contributed by atoms with Crippen LogP contribution < -0.4 is 10.9 Å². The number of likely N-dealkylation sites (tertiary alicyclic amines) is 1. The zero-order chi connectivity index (χ0) is 17.0. The lowest BCUT2D eigenvalue weighted by molar-refractivity contribution is -0.149. The molecular weight excluding hydrogens is 311 g/mol. The molecule has 0 saturated carbocycles. The molecule has 1 aliphatic rings. The summed E-state index contributed by atoms with van der Waals surface area (Å²) in [6, 6.07) is 3.23. The van der Waals surface area contributed by atoms with Gasteiger partial charge in [-0.15, -0.1) is 0 Å². The quantitative estimate of drug-likeness (QED) is 0.890. The minimum absolute atomic E-state index is 0.0454. The van der Waals surface area contributed by atoms with Gasteiger partial charge >= 0.3 is 6.18 Å². The number of nitrogens with zero attached hydrogens (tertiary/aromatic N) is 1. The van der Waals surface area contributed by atoms with Crippen molar-refractivity contribution in [3.05, 3.63) is 28.2 Å². The average Bonchev–Trinajstić information content (AvgIpc) is 2.42. The lowest BCUT2D eigenvalue weighted by Gasteiger charge is -2.32. The van der Waals surface area contributed by atoms with Crippen LogP contribution in [0.5, 0.6) is 0 Å². The molecule has 23 heavy (non-hydrogen) atoms. The Morgan fingerprint density at radius 2 is 2.00 bits per heavy atom. The van der Waals surface area contributed by atoms with Crippen LogP contribution in [0, 0.1) is 12.8 Å². The number of hydrogen-bond donors (Lipinski definition) is 2. The van der Waals surface area contributed by atoms with Crippen LogP contribution in [0.1, 0.15) is 25.0 Å². The number of aromatic nitrogens is 1. The SMILES string of the molecule is Cc1ccc(NC(=O)CC2CCN(CC(F)(F)F)CC2)c(=O)[nH]1. The predicted molar refractivity (Wildman–Crippen MR) is 80.3 cm³/mol. The average molecular weight is 331 g/mol. The van der Waals surface area contributed by atoms with E-state index in [-0.39, 0.29) is 29.5 Å². The smallest absolute Gasteiger partial charge is 0.325 e. The van der Waals surface area contributed by atoms with E-state index in [0.717, 1.165) is 0 Å². The topological polar surface area (TPSA) is 65.2 Å². The second kappa shape index (κ2) is 7.16. The summed E-state index contributed by atoms with van der Waals surface area (Å²) in [6.07, 6.45) is -2.87. The molecule has 1 aromatic rings. The fourth-order valence-corrected chi connectivity index (χ4v) is 2.74. The molecule has 128 valence electrons. The summed E-state index contributed by atoms with van der Waals surface area (Å²) in [5.74, 6) is -0.238. The summed E-state index contributed by atoms with van der Waals surface area (Å²) >= 11 is 0. The second-order valence-electron chi connectivity index (χ2n) is 5.97. The number of pyridine rings is 1. The number of aryl methyl sites for hydroxylation is 1. The van der Waals surface area contributed by atoms with Gasteiger partial charge in [0.15, 0.2) is 0 Å². The first-order valence-corrected chi connectivity index (χ1v) is 7.52. The standard InChI is InChI=1S/C15H20F3N3O2/c1-10-2-3-12(14(23)19-10)20-13(22)8-11-4-6-21(7-5-11)9-15(16,17)18/h2-3,11H,4-9H2,1H3,(H,19,23)(H,20,22). The summed E-state index contributed by atoms with van der Waals surface area (Å²) < 4.78 is 37.0. The second-order valence-corrected chi connectivity index (χ2v) is 5.97. The maximum Gasteiger partial charge on any atom is 0.401 e. The molecule has 0 bridgehead atoms. The van der Waals surface area contributed by atoms with E-state index in [1.165, 1.54) is 11.0 Å². The third kappa shape index (κ3) is 5.70. The summed E-state index contributed by atoms with van der Waals surface area (Å²) in [5, 5.41) is 2.56. The van der Waals surface area contributed by atoms with Crippen LogP contribution in [0.15, 0.2) is 16.9 Å². The number of piperidine rings is 1. The largest absolute Gasteiger partial charge is 0.401 e. The van der Waals surface area contributed by atoms with Gasteiger partial charge in [-0.05, 0) is 50.9 Å². The number of anilines is 1. The van der Waals surface area contributed by atoms with Gasteiger partial charge in [-0.1, -0.05) is 0 Å². The van der Waals surface area contributed by atoms with Crippen molar-refractivity contribution >= 4 is 11.6 Å². The van der Waals surface area contributed by atoms with Crippen molar-refractivity contribution in [1.29, 1.82) is 0 Å². The predicted octanol–water partition coefficient (Wildman–Crippen LogP) is 2.29. The van der Waals surface area contributed by atoms with E-state index in [1.807, 2.05) is 0 Å². The fraction of sp³-hybridized carbons (Fsp3) is 0.600. The van der Waals surface area contributed by atoms with Gasteiger partial charge in [-0.3, -0.25) is 14.5 Å². The Hall–Kier alpha value is -1.83. The van der Waals surface area contributed by atoms with Crippen molar-refractivity contribution in [3.8, 4) is 0 Å². The van der Waals surface area contributed by atoms with E-state index >= 15 is 0 Å². The van der Waals surface area contributed by atoms with Crippen LogP contribution >= 0.6 is 0 Å². The normalized spacial score (nSPS) is 17.2. The molecule has 0 radical (unpaired) electrons. The summed E-state index contributed by atoms with van der Waals surface area (Å²) in [4.78, 5) is 27.6. The van der Waals surface area contributed by atoms with Gasteiger partial charge < -0.3 is 10.3 Å². The van der Waals surface area contributed by atoms with Crippen molar-refractivity contribution in [2.45, 2.75) is 32.4 Å². The number of alkyl halides is 3. The van der Waals surface area contributed by atoms with E-state index in [9.17, 15) is 22.8 Å². The maximum absolute atomic E-state index is 12.3. The summed E-state index contributed by atoms with van der Waals surface area (Å²) in [6.45, 7) is 1.51. The molecule has 0 aromatic carbocycles. The molecule has 1 fully saturated rings. The van der Waals surface area contributed by atoms with Gasteiger partial charge in [0.2, 0.25) is 5.91 Å². The van der Waals surface area contributed by atoms with Gasteiger partial charge in [0.05, 0.1) is 6.54 Å². The number of H-pyrrole nitrogens is 1. The van der Waals surface area contributed by atoms with Crippen LogP contribution in [0.2, 0.25) is 0 Å². The molecule has 2 heterocycles. The summed E-state index contributed by atoms with van der Waals surface area (Å²) in [7, 11) is 0. The van der Waals surface area contributed by atoms with E-state index in [4.69, 9.17) is 0 Å². The van der Waals surface area contributed by atoms with E-state index in [0.29, 0.717) is 31.6 Å². The molecule has 1 aliphatic heterocycles. The van der Waals surface area contributed by atoms with Crippen molar-refractivity contribution in [2.24, 2.45) is 5.92 Å². The van der Waals surface area contributed by atoms with Gasteiger partial charge in [-0.2, -0.15) is 13.2 Å². The first kappa shape index (κ1) is 17.5. The Kier molecular flexibility index (Phi) is 5.46. The number of carbonyl (C=O) groups is 1. The highest BCUT2D eigenvalue weighted by Gasteiger charge is 2.32. The van der Waals surface area contributed by atoms with Crippen molar-refractivity contribution < 1.29 is 18.0 Å². The molecule has 2 rings (SSSR count). The van der Waals surface area contributed by atoms with Crippen LogP contribution in [-0.4, -0.2) is 41.6 Å². The Morgan fingerprint density at radius 3 is 2.57 bits per heavy atom. The number of aromatic amines is 1. The van der Waals surface area contributed by atoms with Crippen LogP contribution in [0.4, 0.5) is 18.9 Å². The number of hydrogen-bond acceptors (Lipinski definition) is 3. The van der Waals surface area contributed by atoms with Crippen LogP contribution in [0.3, 0.4) is 0 Å². The number of rotatable bonds is 4. The first-order valence-electron chi connectivity index (χ1n) is 7.52. The molecule has 0 atom stereocenters. The van der Waals surface area contributed by atoms with Gasteiger partial charge in [0, 0.05) is 12.1 Å². The molecule has 0 spiro atoms. The highest BCUT2D eigenvalue weighted by Crippen LogP contribution is 2.24. The lowest BCUT2D eigenvalue weighted by Crippen LogP contribution is -2.40. The molecule has 5 nitrogen and oxygen atoms in total. The fourth-order valence-electron chi connectivity index (χ4n) is 2.74. The third-order valence-electron chi connectivity index (χ3n) is 3.91. The number of nitrogens with one attached hydrogen (secondary N) is 2. The monoisotopic (exact) mass is 331 g/mol. The first-order chi connectivity index (χ1) is 10.7. The Morgan fingerprint density at radius 1 is 1.35 bits per heavy atom. The minimum atomic E-state index is -4.18. The molecule has 1 saturated heterocycles. The highest BCUT2D eigenvalue weighted by atomic mass is 19.4. The molecule has 8 heteroatoms. The lowest BCUT2D eigenvalue weighted by atomic mass is 9.93. The van der Waals surface area contributed by atoms with Gasteiger partial charge in [0.25, 0.3) is 5.56 Å². The van der Waals surface area contributed by atoms with Gasteiger partial charge in [0.1, 0.15) is 5.69 Å². The zero-order valence-electron chi connectivity index (χ0n) is 12.9. The molecule has 1 aromatic heterocycles. The molecule has 0 unspecified atom stereocenters. The number of carbonyl (C=O) groups excluding carboxylic acids is 1. The summed E-state index contributed by atoms with van der Waals surface area (Å²) in [5.41, 5.74) is 0.526.